The number of hydrogen-bond donors (Lipinski definition) is 1. The van der Waals surface area contributed by atoms with Crippen molar-refractivity contribution in [1.82, 2.24) is 10.2 Å². The van der Waals surface area contributed by atoms with E-state index >= 15 is 0 Å². The van der Waals surface area contributed by atoms with E-state index in [4.69, 9.17) is 4.74 Å². The Morgan fingerprint density at radius 1 is 1.11 bits per heavy atom. The van der Waals surface area contributed by atoms with Gasteiger partial charge in [-0.3, -0.25) is 9.69 Å². The number of hydrogen-bond acceptors (Lipinski definition) is 3. The summed E-state index contributed by atoms with van der Waals surface area (Å²) < 4.78 is 5.74. The molecule has 4 rings (SSSR count). The SMILES string of the molecule is Cc1cccc(OCCN2C(=O)N[C@]3(CCCCc4ccccc43)C2=O)c1. The molecule has 1 spiro atoms. The topological polar surface area (TPSA) is 58.6 Å². The van der Waals surface area contributed by atoms with Gasteiger partial charge in [-0.1, -0.05) is 36.4 Å². The van der Waals surface area contributed by atoms with Crippen molar-refractivity contribution in [2.24, 2.45) is 0 Å². The molecular formula is C22H24N2O3. The second-order valence-electron chi connectivity index (χ2n) is 7.32. The van der Waals surface area contributed by atoms with Crippen molar-refractivity contribution in [2.45, 2.75) is 38.1 Å². The molecule has 5 nitrogen and oxygen atoms in total. The van der Waals surface area contributed by atoms with Crippen LogP contribution >= 0.6 is 0 Å². The van der Waals surface area contributed by atoms with Crippen LogP contribution in [0.25, 0.3) is 0 Å². The number of benzene rings is 2. The molecule has 140 valence electrons. The van der Waals surface area contributed by atoms with Gasteiger partial charge in [-0.25, -0.2) is 4.79 Å². The molecule has 3 amide bonds. The maximum atomic E-state index is 13.3. The zero-order chi connectivity index (χ0) is 18.9. The molecule has 1 heterocycles. The molecule has 0 bridgehead atoms. The van der Waals surface area contributed by atoms with Gasteiger partial charge in [0.05, 0.1) is 6.54 Å². The third kappa shape index (κ3) is 3.18. The third-order valence-corrected chi connectivity index (χ3v) is 5.47. The molecule has 2 aromatic rings. The average Bonchev–Trinajstić information content (AvgIpc) is 2.80. The zero-order valence-corrected chi connectivity index (χ0v) is 15.5. The maximum Gasteiger partial charge on any atom is 0.325 e. The Kier molecular flexibility index (Phi) is 4.60. The normalized spacial score (nSPS) is 21.7. The van der Waals surface area contributed by atoms with Gasteiger partial charge in [-0.05, 0) is 61.4 Å². The largest absolute Gasteiger partial charge is 0.492 e. The summed E-state index contributed by atoms with van der Waals surface area (Å²) in [5.74, 6) is 0.589. The van der Waals surface area contributed by atoms with Gasteiger partial charge in [-0.15, -0.1) is 0 Å². The van der Waals surface area contributed by atoms with E-state index in [-0.39, 0.29) is 25.1 Å². The van der Waals surface area contributed by atoms with Crippen molar-refractivity contribution >= 4 is 11.9 Å². The number of amides is 3. The summed E-state index contributed by atoms with van der Waals surface area (Å²) in [4.78, 5) is 27.2. The molecule has 2 aliphatic rings. The summed E-state index contributed by atoms with van der Waals surface area (Å²) in [5.41, 5.74) is 2.29. The molecule has 1 fully saturated rings. The minimum Gasteiger partial charge on any atom is -0.492 e. The van der Waals surface area contributed by atoms with E-state index in [0.29, 0.717) is 6.42 Å². The highest BCUT2D eigenvalue weighted by Crippen LogP contribution is 2.38. The molecule has 1 N–H and O–H groups in total. The highest BCUT2D eigenvalue weighted by atomic mass is 16.5. The number of ether oxygens (including phenoxy) is 1. The molecule has 5 heteroatoms. The van der Waals surface area contributed by atoms with Gasteiger partial charge in [0.1, 0.15) is 17.9 Å². The number of urea groups is 1. The Balaban J connectivity index is 1.52. The standard InChI is InChI=1S/C22H24N2O3/c1-16-7-6-10-18(15-16)27-14-13-24-20(25)22(23-21(24)26)12-5-4-9-17-8-2-3-11-19(17)22/h2-3,6-8,10-11,15H,4-5,9,12-14H2,1H3,(H,23,26)/t22-/m0/s1. The van der Waals surface area contributed by atoms with Crippen LogP contribution in [-0.4, -0.2) is 30.0 Å². The molecule has 1 aliphatic carbocycles. The van der Waals surface area contributed by atoms with Crippen molar-refractivity contribution in [3.8, 4) is 5.75 Å². The van der Waals surface area contributed by atoms with Gasteiger partial charge in [0, 0.05) is 0 Å². The van der Waals surface area contributed by atoms with E-state index in [0.717, 1.165) is 41.7 Å². The summed E-state index contributed by atoms with van der Waals surface area (Å²) in [7, 11) is 0. The van der Waals surface area contributed by atoms with Crippen LogP contribution in [0, 0.1) is 6.92 Å². The number of nitrogens with one attached hydrogen (secondary N) is 1. The van der Waals surface area contributed by atoms with E-state index in [2.05, 4.69) is 11.4 Å². The van der Waals surface area contributed by atoms with Crippen LogP contribution in [0.2, 0.25) is 0 Å². The van der Waals surface area contributed by atoms with Gasteiger partial charge >= 0.3 is 6.03 Å². The molecular weight excluding hydrogens is 340 g/mol. The van der Waals surface area contributed by atoms with Crippen LogP contribution < -0.4 is 10.1 Å². The highest BCUT2D eigenvalue weighted by molar-refractivity contribution is 6.07. The molecule has 1 saturated heterocycles. The monoisotopic (exact) mass is 364 g/mol. The quantitative estimate of drug-likeness (QED) is 0.844. The fourth-order valence-corrected chi connectivity index (χ4v) is 4.14. The molecule has 1 aliphatic heterocycles. The van der Waals surface area contributed by atoms with Gasteiger partial charge in [-0.2, -0.15) is 0 Å². The van der Waals surface area contributed by atoms with Gasteiger partial charge in [0.2, 0.25) is 0 Å². The minimum atomic E-state index is -0.923. The van der Waals surface area contributed by atoms with Crippen LogP contribution in [0.3, 0.4) is 0 Å². The van der Waals surface area contributed by atoms with E-state index in [9.17, 15) is 9.59 Å². The zero-order valence-electron chi connectivity index (χ0n) is 15.5. The number of rotatable bonds is 4. The molecule has 2 aromatic carbocycles. The molecule has 0 aromatic heterocycles. The summed E-state index contributed by atoms with van der Waals surface area (Å²) in [6, 6.07) is 15.4. The van der Waals surface area contributed by atoms with Crippen molar-refractivity contribution in [3.63, 3.8) is 0 Å². The van der Waals surface area contributed by atoms with Crippen LogP contribution in [-0.2, 0) is 16.8 Å². The van der Waals surface area contributed by atoms with E-state index < -0.39 is 5.54 Å². The first-order chi connectivity index (χ1) is 13.1. The lowest BCUT2D eigenvalue weighted by Gasteiger charge is -2.27. The summed E-state index contributed by atoms with van der Waals surface area (Å²) >= 11 is 0. The van der Waals surface area contributed by atoms with Crippen molar-refractivity contribution in [2.75, 3.05) is 13.2 Å². The lowest BCUT2D eigenvalue weighted by atomic mass is 9.84. The first-order valence-corrected chi connectivity index (χ1v) is 9.52. The van der Waals surface area contributed by atoms with Gasteiger partial charge < -0.3 is 10.1 Å². The smallest absolute Gasteiger partial charge is 0.325 e. The fraction of sp³-hybridized carbons (Fsp3) is 0.364. The predicted octanol–water partition coefficient (Wildman–Crippen LogP) is 3.55. The molecule has 0 saturated carbocycles. The lowest BCUT2D eigenvalue weighted by molar-refractivity contribution is -0.132. The number of nitrogens with zero attached hydrogens (tertiary/aromatic N) is 1. The lowest BCUT2D eigenvalue weighted by Crippen LogP contribution is -2.44. The second-order valence-corrected chi connectivity index (χ2v) is 7.32. The first-order valence-electron chi connectivity index (χ1n) is 9.52. The molecule has 0 radical (unpaired) electrons. The summed E-state index contributed by atoms with van der Waals surface area (Å²) in [5, 5.41) is 3.00. The highest BCUT2D eigenvalue weighted by Gasteiger charge is 2.53. The minimum absolute atomic E-state index is 0.158. The average molecular weight is 364 g/mol. The number of fused-ring (bicyclic) bond motifs is 2. The maximum absolute atomic E-state index is 13.3. The van der Waals surface area contributed by atoms with Crippen molar-refractivity contribution in [1.29, 1.82) is 0 Å². The molecule has 1 atom stereocenters. The van der Waals surface area contributed by atoms with Crippen LogP contribution in [0.4, 0.5) is 4.79 Å². The van der Waals surface area contributed by atoms with E-state index in [1.54, 1.807) is 0 Å². The van der Waals surface area contributed by atoms with Crippen LogP contribution in [0.5, 0.6) is 5.75 Å². The van der Waals surface area contributed by atoms with Gasteiger partial charge in [0.15, 0.2) is 0 Å². The third-order valence-electron chi connectivity index (χ3n) is 5.47. The Hall–Kier alpha value is -2.82. The second kappa shape index (κ2) is 7.06. The Morgan fingerprint density at radius 3 is 2.81 bits per heavy atom. The predicted molar refractivity (Wildman–Crippen MR) is 103 cm³/mol. The van der Waals surface area contributed by atoms with E-state index in [1.807, 2.05) is 49.4 Å². The number of aryl methyl sites for hydroxylation is 2. The van der Waals surface area contributed by atoms with Crippen molar-refractivity contribution in [3.05, 3.63) is 65.2 Å². The van der Waals surface area contributed by atoms with Gasteiger partial charge in [0.25, 0.3) is 5.91 Å². The van der Waals surface area contributed by atoms with Crippen LogP contribution in [0.15, 0.2) is 48.5 Å². The molecule has 0 unspecified atom stereocenters. The van der Waals surface area contributed by atoms with E-state index in [1.165, 1.54) is 4.90 Å². The number of imide groups is 1. The summed E-state index contributed by atoms with van der Waals surface area (Å²) in [6.07, 6.45) is 3.52. The Morgan fingerprint density at radius 2 is 1.96 bits per heavy atom. The number of carbonyl (C=O) groups excluding carboxylic acids is 2. The fourth-order valence-electron chi connectivity index (χ4n) is 4.14. The number of carbonyl (C=O) groups is 2. The molecule has 27 heavy (non-hydrogen) atoms. The first kappa shape index (κ1) is 17.6. The Bertz CT molecular complexity index is 879. The van der Waals surface area contributed by atoms with Crippen molar-refractivity contribution < 1.29 is 14.3 Å². The summed E-state index contributed by atoms with van der Waals surface area (Å²) in [6.45, 7) is 2.51. The Labute approximate surface area is 159 Å². The van der Waals surface area contributed by atoms with Crippen LogP contribution in [0.1, 0.15) is 36.0 Å².